The summed E-state index contributed by atoms with van der Waals surface area (Å²) in [4.78, 5) is 11.0. The van der Waals surface area contributed by atoms with Gasteiger partial charge < -0.3 is 15.5 Å². The number of carbonyl (C=O) groups is 1. The van der Waals surface area contributed by atoms with Crippen molar-refractivity contribution in [3.63, 3.8) is 0 Å². The SMILES string of the molecule is CSC(CO)C(C)Nc1c(F)cccc1C(=O)O. The molecule has 0 aromatic heterocycles. The number of thioether (sulfide) groups is 1. The van der Waals surface area contributed by atoms with Gasteiger partial charge in [-0.2, -0.15) is 11.8 Å². The number of aliphatic hydroxyl groups excluding tert-OH is 1. The van der Waals surface area contributed by atoms with Crippen LogP contribution in [-0.2, 0) is 0 Å². The molecule has 1 rings (SSSR count). The van der Waals surface area contributed by atoms with Gasteiger partial charge in [-0.15, -0.1) is 0 Å². The Hall–Kier alpha value is -1.27. The van der Waals surface area contributed by atoms with Crippen LogP contribution in [0, 0.1) is 5.82 Å². The van der Waals surface area contributed by atoms with Crippen molar-refractivity contribution < 1.29 is 19.4 Å². The Bertz CT molecular complexity index is 424. The number of halogens is 1. The smallest absolute Gasteiger partial charge is 0.337 e. The molecule has 0 amide bonds. The summed E-state index contributed by atoms with van der Waals surface area (Å²) in [6.45, 7) is 1.71. The van der Waals surface area contributed by atoms with Crippen LogP contribution in [0.4, 0.5) is 10.1 Å². The number of benzene rings is 1. The summed E-state index contributed by atoms with van der Waals surface area (Å²) in [5.41, 5.74) is -0.148. The number of para-hydroxylation sites is 1. The fourth-order valence-electron chi connectivity index (χ4n) is 1.61. The molecule has 0 aliphatic heterocycles. The highest BCUT2D eigenvalue weighted by Crippen LogP contribution is 2.23. The van der Waals surface area contributed by atoms with Gasteiger partial charge in [-0.3, -0.25) is 0 Å². The first-order valence-corrected chi connectivity index (χ1v) is 6.72. The third-order valence-electron chi connectivity index (χ3n) is 2.66. The fourth-order valence-corrected chi connectivity index (χ4v) is 2.23. The average molecular weight is 273 g/mol. The van der Waals surface area contributed by atoms with E-state index >= 15 is 0 Å². The van der Waals surface area contributed by atoms with Crippen molar-refractivity contribution in [1.29, 1.82) is 0 Å². The van der Waals surface area contributed by atoms with Gasteiger partial charge in [0, 0.05) is 11.3 Å². The number of rotatable bonds is 6. The molecule has 0 saturated heterocycles. The van der Waals surface area contributed by atoms with Gasteiger partial charge in [0.2, 0.25) is 0 Å². The summed E-state index contributed by atoms with van der Waals surface area (Å²) in [7, 11) is 0. The number of hydrogen-bond acceptors (Lipinski definition) is 4. The standard InChI is InChI=1S/C12H16FNO3S/c1-7(10(6-15)18-2)14-11-8(12(16)17)4-3-5-9(11)13/h3-5,7,10,14-15H,6H2,1-2H3,(H,16,17). The molecule has 0 spiro atoms. The van der Waals surface area contributed by atoms with Crippen LogP contribution in [0.3, 0.4) is 0 Å². The Labute approximate surface area is 109 Å². The first-order valence-electron chi connectivity index (χ1n) is 5.43. The van der Waals surface area contributed by atoms with Crippen LogP contribution in [0.2, 0.25) is 0 Å². The molecule has 0 fully saturated rings. The maximum atomic E-state index is 13.6. The lowest BCUT2D eigenvalue weighted by atomic mass is 10.1. The molecule has 18 heavy (non-hydrogen) atoms. The summed E-state index contributed by atoms with van der Waals surface area (Å²) in [5.74, 6) is -1.80. The van der Waals surface area contributed by atoms with Gasteiger partial charge in [0.1, 0.15) is 5.82 Å². The van der Waals surface area contributed by atoms with E-state index in [2.05, 4.69) is 5.32 Å². The van der Waals surface area contributed by atoms with Crippen molar-refractivity contribution in [1.82, 2.24) is 0 Å². The van der Waals surface area contributed by atoms with Crippen LogP contribution in [0.25, 0.3) is 0 Å². The van der Waals surface area contributed by atoms with Crippen LogP contribution in [0.15, 0.2) is 18.2 Å². The highest BCUT2D eigenvalue weighted by molar-refractivity contribution is 7.99. The number of aliphatic hydroxyl groups is 1. The van der Waals surface area contributed by atoms with Crippen molar-refractivity contribution in [2.45, 2.75) is 18.2 Å². The first kappa shape index (κ1) is 14.8. The van der Waals surface area contributed by atoms with Crippen molar-refractivity contribution >= 4 is 23.4 Å². The van der Waals surface area contributed by atoms with E-state index in [9.17, 15) is 9.18 Å². The molecule has 2 unspecified atom stereocenters. The molecule has 0 aliphatic rings. The molecule has 1 aromatic rings. The molecule has 0 aliphatic carbocycles. The van der Waals surface area contributed by atoms with Crippen LogP contribution < -0.4 is 5.32 Å². The molecule has 2 atom stereocenters. The molecule has 0 heterocycles. The molecule has 6 heteroatoms. The van der Waals surface area contributed by atoms with Gasteiger partial charge in [-0.25, -0.2) is 9.18 Å². The summed E-state index contributed by atoms with van der Waals surface area (Å²) < 4.78 is 13.6. The van der Waals surface area contributed by atoms with Crippen LogP contribution in [0.1, 0.15) is 17.3 Å². The topological polar surface area (TPSA) is 69.6 Å². The summed E-state index contributed by atoms with van der Waals surface area (Å²) in [6.07, 6.45) is 1.83. The summed E-state index contributed by atoms with van der Waals surface area (Å²) in [5, 5.41) is 20.8. The predicted octanol–water partition coefficient (Wildman–Crippen LogP) is 2.05. The highest BCUT2D eigenvalue weighted by Gasteiger charge is 2.20. The van der Waals surface area contributed by atoms with Crippen molar-refractivity contribution in [3.05, 3.63) is 29.6 Å². The minimum absolute atomic E-state index is 0.0370. The number of carboxylic acid groups (broad SMARTS) is 1. The number of nitrogens with one attached hydrogen (secondary N) is 1. The van der Waals surface area contributed by atoms with Crippen LogP contribution in [-0.4, -0.2) is 40.3 Å². The number of anilines is 1. The first-order chi connectivity index (χ1) is 8.51. The Balaban J connectivity index is 2.99. The maximum absolute atomic E-state index is 13.6. The van der Waals surface area contributed by atoms with E-state index < -0.39 is 11.8 Å². The molecule has 0 bridgehead atoms. The third-order valence-corrected chi connectivity index (χ3v) is 3.82. The molecular formula is C12H16FNO3S. The zero-order chi connectivity index (χ0) is 13.7. The van der Waals surface area contributed by atoms with E-state index in [1.54, 1.807) is 6.92 Å². The second-order valence-corrected chi connectivity index (χ2v) is 4.93. The normalized spacial score (nSPS) is 14.0. The van der Waals surface area contributed by atoms with E-state index in [1.807, 2.05) is 6.26 Å². The van der Waals surface area contributed by atoms with Crippen LogP contribution in [0.5, 0.6) is 0 Å². The lowest BCUT2D eigenvalue weighted by Gasteiger charge is -2.23. The molecule has 1 aromatic carbocycles. The van der Waals surface area contributed by atoms with Gasteiger partial charge in [0.05, 0.1) is 17.9 Å². The van der Waals surface area contributed by atoms with E-state index in [0.29, 0.717) is 0 Å². The highest BCUT2D eigenvalue weighted by atomic mass is 32.2. The summed E-state index contributed by atoms with van der Waals surface area (Å²) >= 11 is 1.43. The lowest BCUT2D eigenvalue weighted by molar-refractivity contribution is 0.0697. The zero-order valence-corrected chi connectivity index (χ0v) is 11.0. The number of hydrogen-bond donors (Lipinski definition) is 3. The Morgan fingerprint density at radius 1 is 1.56 bits per heavy atom. The average Bonchev–Trinajstić information content (AvgIpc) is 2.33. The van der Waals surface area contributed by atoms with Crippen molar-refractivity contribution in [3.8, 4) is 0 Å². The van der Waals surface area contributed by atoms with E-state index in [0.717, 1.165) is 0 Å². The van der Waals surface area contributed by atoms with Gasteiger partial charge in [0.15, 0.2) is 0 Å². The van der Waals surface area contributed by atoms with Crippen LogP contribution >= 0.6 is 11.8 Å². The molecule has 0 saturated carbocycles. The fraction of sp³-hybridized carbons (Fsp3) is 0.417. The van der Waals surface area contributed by atoms with Crippen molar-refractivity contribution in [2.75, 3.05) is 18.2 Å². The van der Waals surface area contributed by atoms with E-state index in [-0.39, 0.29) is 29.1 Å². The second-order valence-electron chi connectivity index (χ2n) is 3.86. The molecule has 3 N–H and O–H groups in total. The molecule has 100 valence electrons. The number of carboxylic acids is 1. The van der Waals surface area contributed by atoms with Gasteiger partial charge in [0.25, 0.3) is 0 Å². The second kappa shape index (κ2) is 6.61. The quantitative estimate of drug-likeness (QED) is 0.740. The largest absolute Gasteiger partial charge is 0.478 e. The molecule has 0 radical (unpaired) electrons. The Morgan fingerprint density at radius 2 is 2.22 bits per heavy atom. The van der Waals surface area contributed by atoms with Gasteiger partial charge >= 0.3 is 5.97 Å². The molecular weight excluding hydrogens is 257 g/mol. The minimum Gasteiger partial charge on any atom is -0.478 e. The predicted molar refractivity (Wildman–Crippen MR) is 70.8 cm³/mol. The monoisotopic (exact) mass is 273 g/mol. The Kier molecular flexibility index (Phi) is 5.43. The van der Waals surface area contributed by atoms with Gasteiger partial charge in [-0.1, -0.05) is 6.07 Å². The van der Waals surface area contributed by atoms with Gasteiger partial charge in [-0.05, 0) is 25.3 Å². The maximum Gasteiger partial charge on any atom is 0.337 e. The molecule has 4 nitrogen and oxygen atoms in total. The van der Waals surface area contributed by atoms with E-state index in [4.69, 9.17) is 10.2 Å². The third kappa shape index (κ3) is 3.36. The number of aromatic carboxylic acids is 1. The lowest BCUT2D eigenvalue weighted by Crippen LogP contribution is -2.32. The Morgan fingerprint density at radius 3 is 2.72 bits per heavy atom. The zero-order valence-electron chi connectivity index (χ0n) is 10.2. The summed E-state index contributed by atoms with van der Waals surface area (Å²) in [6, 6.07) is 3.65. The van der Waals surface area contributed by atoms with E-state index in [1.165, 1.54) is 30.0 Å². The minimum atomic E-state index is -1.19. The van der Waals surface area contributed by atoms with Crippen molar-refractivity contribution in [2.24, 2.45) is 0 Å².